The predicted octanol–water partition coefficient (Wildman–Crippen LogP) is 3.04. The van der Waals surface area contributed by atoms with Gasteiger partial charge in [0.05, 0.1) is 6.10 Å². The monoisotopic (exact) mass is 416 g/mol. The maximum absolute atomic E-state index is 6.10. The standard InChI is InChI=1S/C24H40N4O2/c1-25-24(26-13-5-17-29-20-22-9-10-22)27-14-6-18-30-23-11-15-28(16-12-23)19-21-7-3-2-4-8-21/h2-4,7-8,22-23H,5-6,9-20H2,1H3,(H2,25,26,27). The zero-order valence-electron chi connectivity index (χ0n) is 18.7. The molecule has 1 aromatic carbocycles. The normalized spacial score (nSPS) is 18.5. The fourth-order valence-corrected chi connectivity index (χ4v) is 3.74. The van der Waals surface area contributed by atoms with Crippen molar-refractivity contribution in [3.05, 3.63) is 35.9 Å². The number of ether oxygens (including phenoxy) is 2. The Balaban J connectivity index is 1.15. The van der Waals surface area contributed by atoms with Crippen LogP contribution in [0.2, 0.25) is 0 Å². The molecule has 0 unspecified atom stereocenters. The van der Waals surface area contributed by atoms with Gasteiger partial charge in [0.25, 0.3) is 0 Å². The van der Waals surface area contributed by atoms with Gasteiger partial charge in [-0.2, -0.15) is 0 Å². The molecule has 0 amide bonds. The summed E-state index contributed by atoms with van der Waals surface area (Å²) < 4.78 is 11.8. The number of piperidine rings is 1. The van der Waals surface area contributed by atoms with Gasteiger partial charge in [-0.1, -0.05) is 30.3 Å². The molecule has 0 bridgehead atoms. The van der Waals surface area contributed by atoms with Crippen LogP contribution in [0.15, 0.2) is 35.3 Å². The molecule has 3 rings (SSSR count). The van der Waals surface area contributed by atoms with Crippen LogP contribution in [0.5, 0.6) is 0 Å². The van der Waals surface area contributed by atoms with Gasteiger partial charge < -0.3 is 20.1 Å². The van der Waals surface area contributed by atoms with E-state index in [0.29, 0.717) is 6.10 Å². The average molecular weight is 417 g/mol. The summed E-state index contributed by atoms with van der Waals surface area (Å²) in [7, 11) is 1.82. The van der Waals surface area contributed by atoms with Gasteiger partial charge in [0.2, 0.25) is 0 Å². The smallest absolute Gasteiger partial charge is 0.190 e. The van der Waals surface area contributed by atoms with Crippen molar-refractivity contribution in [2.24, 2.45) is 10.9 Å². The first-order chi connectivity index (χ1) is 14.8. The maximum Gasteiger partial charge on any atom is 0.190 e. The highest BCUT2D eigenvalue weighted by Gasteiger charge is 2.21. The van der Waals surface area contributed by atoms with Crippen LogP contribution in [0.4, 0.5) is 0 Å². The minimum atomic E-state index is 0.408. The van der Waals surface area contributed by atoms with Crippen LogP contribution in [0, 0.1) is 5.92 Å². The Bertz CT molecular complexity index is 598. The van der Waals surface area contributed by atoms with E-state index in [2.05, 4.69) is 50.9 Å². The molecule has 2 fully saturated rings. The van der Waals surface area contributed by atoms with E-state index in [9.17, 15) is 0 Å². The predicted molar refractivity (Wildman–Crippen MR) is 123 cm³/mol. The molecule has 2 aliphatic rings. The number of rotatable bonds is 13. The number of hydrogen-bond donors (Lipinski definition) is 2. The molecule has 0 atom stereocenters. The van der Waals surface area contributed by atoms with Crippen molar-refractivity contribution in [2.45, 2.75) is 51.2 Å². The van der Waals surface area contributed by atoms with Crippen molar-refractivity contribution >= 4 is 5.96 Å². The van der Waals surface area contributed by atoms with Gasteiger partial charge in [-0.05, 0) is 50.0 Å². The van der Waals surface area contributed by atoms with E-state index in [1.54, 1.807) is 0 Å². The quantitative estimate of drug-likeness (QED) is 0.294. The van der Waals surface area contributed by atoms with Crippen molar-refractivity contribution in [2.75, 3.05) is 53.0 Å². The van der Waals surface area contributed by atoms with Gasteiger partial charge in [0.15, 0.2) is 5.96 Å². The third-order valence-electron chi connectivity index (χ3n) is 5.78. The molecule has 0 radical (unpaired) electrons. The third kappa shape index (κ3) is 9.45. The molecule has 0 spiro atoms. The number of aliphatic imine (C=N–C) groups is 1. The maximum atomic E-state index is 6.10. The molecule has 1 saturated heterocycles. The molecule has 1 heterocycles. The second-order valence-electron chi connectivity index (χ2n) is 8.48. The molecule has 168 valence electrons. The fraction of sp³-hybridized carbons (Fsp3) is 0.708. The Labute approximate surface area is 182 Å². The first-order valence-corrected chi connectivity index (χ1v) is 11.7. The van der Waals surface area contributed by atoms with Crippen molar-refractivity contribution in [3.8, 4) is 0 Å². The Morgan fingerprint density at radius 1 is 1.00 bits per heavy atom. The number of benzene rings is 1. The van der Waals surface area contributed by atoms with Gasteiger partial charge in [-0.15, -0.1) is 0 Å². The lowest BCUT2D eigenvalue weighted by atomic mass is 10.1. The van der Waals surface area contributed by atoms with E-state index < -0.39 is 0 Å². The summed E-state index contributed by atoms with van der Waals surface area (Å²) in [4.78, 5) is 6.81. The first-order valence-electron chi connectivity index (χ1n) is 11.7. The van der Waals surface area contributed by atoms with E-state index in [0.717, 1.165) is 90.1 Å². The number of likely N-dealkylation sites (tertiary alicyclic amines) is 1. The van der Waals surface area contributed by atoms with Crippen LogP contribution in [0.1, 0.15) is 44.1 Å². The van der Waals surface area contributed by atoms with Crippen LogP contribution in [-0.4, -0.2) is 70.0 Å². The second kappa shape index (κ2) is 13.6. The summed E-state index contributed by atoms with van der Waals surface area (Å²) in [6.45, 7) is 7.65. The van der Waals surface area contributed by atoms with E-state index >= 15 is 0 Å². The topological polar surface area (TPSA) is 58.1 Å². The van der Waals surface area contributed by atoms with Gasteiger partial charge in [-0.25, -0.2) is 0 Å². The number of guanidine groups is 1. The molecule has 1 aromatic rings. The summed E-state index contributed by atoms with van der Waals surface area (Å²) in [5, 5.41) is 6.72. The van der Waals surface area contributed by atoms with Gasteiger partial charge in [0.1, 0.15) is 0 Å². The number of hydrogen-bond acceptors (Lipinski definition) is 4. The zero-order chi connectivity index (χ0) is 20.9. The molecule has 2 N–H and O–H groups in total. The van der Waals surface area contributed by atoms with Crippen molar-refractivity contribution < 1.29 is 9.47 Å². The summed E-state index contributed by atoms with van der Waals surface area (Å²) in [6.07, 6.45) is 7.39. The molecule has 6 nitrogen and oxygen atoms in total. The minimum Gasteiger partial charge on any atom is -0.381 e. The lowest BCUT2D eigenvalue weighted by molar-refractivity contribution is 0.00534. The zero-order valence-corrected chi connectivity index (χ0v) is 18.7. The largest absolute Gasteiger partial charge is 0.381 e. The number of nitrogens with zero attached hydrogens (tertiary/aromatic N) is 2. The Hall–Kier alpha value is -1.63. The highest BCUT2D eigenvalue weighted by atomic mass is 16.5. The van der Waals surface area contributed by atoms with Crippen LogP contribution in [0.3, 0.4) is 0 Å². The molecule has 30 heavy (non-hydrogen) atoms. The highest BCUT2D eigenvalue weighted by molar-refractivity contribution is 5.79. The molecule has 1 saturated carbocycles. The van der Waals surface area contributed by atoms with E-state index in [4.69, 9.17) is 9.47 Å². The summed E-state index contributed by atoms with van der Waals surface area (Å²) in [5.41, 5.74) is 1.40. The van der Waals surface area contributed by atoms with Gasteiger partial charge in [-0.3, -0.25) is 9.89 Å². The fourth-order valence-electron chi connectivity index (χ4n) is 3.74. The molecule has 6 heteroatoms. The van der Waals surface area contributed by atoms with E-state index in [1.807, 2.05) is 7.05 Å². The van der Waals surface area contributed by atoms with Crippen LogP contribution in [-0.2, 0) is 16.0 Å². The Kier molecular flexibility index (Phi) is 10.5. The van der Waals surface area contributed by atoms with Crippen LogP contribution >= 0.6 is 0 Å². The lowest BCUT2D eigenvalue weighted by Gasteiger charge is -2.32. The summed E-state index contributed by atoms with van der Waals surface area (Å²) in [5.74, 6) is 1.71. The molecule has 1 aliphatic heterocycles. The minimum absolute atomic E-state index is 0.408. The van der Waals surface area contributed by atoms with Crippen LogP contribution in [0.25, 0.3) is 0 Å². The van der Waals surface area contributed by atoms with Crippen molar-refractivity contribution in [1.29, 1.82) is 0 Å². The third-order valence-corrected chi connectivity index (χ3v) is 5.78. The van der Waals surface area contributed by atoms with E-state index in [-0.39, 0.29) is 0 Å². The van der Waals surface area contributed by atoms with Crippen LogP contribution < -0.4 is 10.6 Å². The SMILES string of the molecule is CN=C(NCCCOCC1CC1)NCCCOC1CCN(Cc2ccccc2)CC1. The highest BCUT2D eigenvalue weighted by Crippen LogP contribution is 2.28. The van der Waals surface area contributed by atoms with Gasteiger partial charge >= 0.3 is 0 Å². The molecule has 1 aliphatic carbocycles. The number of nitrogens with one attached hydrogen (secondary N) is 2. The van der Waals surface area contributed by atoms with E-state index in [1.165, 1.54) is 18.4 Å². The van der Waals surface area contributed by atoms with Gasteiger partial charge in [0, 0.05) is 59.6 Å². The average Bonchev–Trinajstić information content (AvgIpc) is 3.61. The molecule has 0 aromatic heterocycles. The van der Waals surface area contributed by atoms with Crippen molar-refractivity contribution in [1.82, 2.24) is 15.5 Å². The molecular formula is C24H40N4O2. The first kappa shape index (κ1) is 23.0. The lowest BCUT2D eigenvalue weighted by Crippen LogP contribution is -2.39. The van der Waals surface area contributed by atoms with Crippen molar-refractivity contribution in [3.63, 3.8) is 0 Å². The Morgan fingerprint density at radius 2 is 1.70 bits per heavy atom. The Morgan fingerprint density at radius 3 is 2.37 bits per heavy atom. The second-order valence-corrected chi connectivity index (χ2v) is 8.48. The summed E-state index contributed by atoms with van der Waals surface area (Å²) in [6, 6.07) is 10.7. The molecular weight excluding hydrogens is 376 g/mol. The summed E-state index contributed by atoms with van der Waals surface area (Å²) >= 11 is 0.